The van der Waals surface area contributed by atoms with E-state index in [2.05, 4.69) is 17.1 Å². The summed E-state index contributed by atoms with van der Waals surface area (Å²) in [6, 6.07) is -0.456. The molecule has 0 radical (unpaired) electrons. The second kappa shape index (κ2) is 6.98. The number of piperazine rings is 1. The molecule has 2 aliphatic rings. The number of nitrogens with zero attached hydrogens (tertiary/aromatic N) is 2. The third kappa shape index (κ3) is 4.11. The van der Waals surface area contributed by atoms with Crippen molar-refractivity contribution in [2.75, 3.05) is 46.4 Å². The number of rotatable bonds is 5. The first-order valence-electron chi connectivity index (χ1n) is 7.60. The van der Waals surface area contributed by atoms with Crippen LogP contribution in [0, 0.1) is 0 Å². The molecule has 0 saturated carbocycles. The van der Waals surface area contributed by atoms with Crippen molar-refractivity contribution >= 4 is 5.91 Å². The Morgan fingerprint density at radius 3 is 2.76 bits per heavy atom. The lowest BCUT2D eigenvalue weighted by Gasteiger charge is -2.41. The Morgan fingerprint density at radius 2 is 2.19 bits per heavy atom. The van der Waals surface area contributed by atoms with Gasteiger partial charge in [0.2, 0.25) is 5.91 Å². The summed E-state index contributed by atoms with van der Waals surface area (Å²) in [5.41, 5.74) is 0. The molecule has 0 aliphatic carbocycles. The third-order valence-electron chi connectivity index (χ3n) is 4.38. The molecule has 0 spiro atoms. The Labute approximate surface area is 124 Å². The van der Waals surface area contributed by atoms with Gasteiger partial charge in [0.1, 0.15) is 0 Å². The van der Waals surface area contributed by atoms with Gasteiger partial charge < -0.3 is 9.64 Å². The molecule has 21 heavy (non-hydrogen) atoms. The van der Waals surface area contributed by atoms with Crippen LogP contribution in [-0.4, -0.2) is 80.2 Å². The van der Waals surface area contributed by atoms with E-state index < -0.39 is 18.5 Å². The van der Waals surface area contributed by atoms with Crippen molar-refractivity contribution in [1.82, 2.24) is 15.1 Å². The van der Waals surface area contributed by atoms with E-state index in [1.807, 2.05) is 0 Å². The van der Waals surface area contributed by atoms with Crippen LogP contribution < -0.4 is 5.32 Å². The molecular weight excluding hydrogens is 280 g/mol. The zero-order chi connectivity index (χ0) is 15.5. The van der Waals surface area contributed by atoms with Gasteiger partial charge in [0.25, 0.3) is 5.92 Å². The number of hydrogen-bond donors (Lipinski definition) is 1. The number of methoxy groups -OCH3 is 1. The number of carbonyl (C=O) groups is 1. The van der Waals surface area contributed by atoms with Crippen LogP contribution in [0.4, 0.5) is 8.78 Å². The van der Waals surface area contributed by atoms with Crippen molar-refractivity contribution in [3.63, 3.8) is 0 Å². The highest BCUT2D eigenvalue weighted by atomic mass is 19.3. The topological polar surface area (TPSA) is 44.8 Å². The predicted octanol–water partition coefficient (Wildman–Crippen LogP) is 0.553. The molecule has 1 amide bonds. The van der Waals surface area contributed by atoms with E-state index in [9.17, 15) is 13.6 Å². The maximum Gasteiger partial charge on any atom is 0.262 e. The molecule has 2 saturated heterocycles. The summed E-state index contributed by atoms with van der Waals surface area (Å²) in [7, 11) is 1.67. The van der Waals surface area contributed by atoms with Crippen LogP contribution in [0.25, 0.3) is 0 Å². The molecule has 122 valence electrons. The van der Waals surface area contributed by atoms with Crippen LogP contribution in [-0.2, 0) is 9.53 Å². The molecule has 2 heterocycles. The molecule has 0 aromatic carbocycles. The average Bonchev–Trinajstić information content (AvgIpc) is 2.84. The van der Waals surface area contributed by atoms with Gasteiger partial charge in [-0.1, -0.05) is 6.92 Å². The monoisotopic (exact) mass is 305 g/mol. The van der Waals surface area contributed by atoms with Gasteiger partial charge in [-0.25, -0.2) is 8.78 Å². The van der Waals surface area contributed by atoms with E-state index in [4.69, 9.17) is 4.74 Å². The fraction of sp³-hybridized carbons (Fsp3) is 0.929. The second-order valence-electron chi connectivity index (χ2n) is 5.87. The van der Waals surface area contributed by atoms with Gasteiger partial charge in [0.05, 0.1) is 19.2 Å². The Bertz CT molecular complexity index is 368. The highest BCUT2D eigenvalue weighted by Gasteiger charge is 2.44. The summed E-state index contributed by atoms with van der Waals surface area (Å²) in [6.07, 6.45) is 0.550. The summed E-state index contributed by atoms with van der Waals surface area (Å²) >= 11 is 0. The summed E-state index contributed by atoms with van der Waals surface area (Å²) < 4.78 is 31.5. The van der Waals surface area contributed by atoms with Gasteiger partial charge in [-0.3, -0.25) is 15.0 Å². The van der Waals surface area contributed by atoms with Gasteiger partial charge in [0.15, 0.2) is 0 Å². The van der Waals surface area contributed by atoms with E-state index in [-0.39, 0.29) is 18.4 Å². The zero-order valence-corrected chi connectivity index (χ0v) is 12.8. The van der Waals surface area contributed by atoms with Crippen molar-refractivity contribution in [1.29, 1.82) is 0 Å². The number of halogens is 2. The Hall–Kier alpha value is -0.790. The molecule has 7 heteroatoms. The third-order valence-corrected chi connectivity index (χ3v) is 4.38. The Kier molecular flexibility index (Phi) is 5.51. The lowest BCUT2D eigenvalue weighted by atomic mass is 10.1. The Balaban J connectivity index is 1.89. The van der Waals surface area contributed by atoms with Crippen molar-refractivity contribution in [2.24, 2.45) is 0 Å². The first kappa shape index (κ1) is 16.6. The first-order chi connectivity index (χ1) is 9.96. The van der Waals surface area contributed by atoms with Gasteiger partial charge >= 0.3 is 0 Å². The molecule has 2 unspecified atom stereocenters. The number of carbonyl (C=O) groups excluding carboxylic acids is 1. The zero-order valence-electron chi connectivity index (χ0n) is 12.8. The summed E-state index contributed by atoms with van der Waals surface area (Å²) in [5.74, 6) is -2.94. The molecule has 0 aromatic heterocycles. The molecule has 2 fully saturated rings. The van der Waals surface area contributed by atoms with E-state index in [0.717, 1.165) is 19.5 Å². The van der Waals surface area contributed by atoms with Gasteiger partial charge in [0, 0.05) is 45.8 Å². The predicted molar refractivity (Wildman–Crippen MR) is 75.5 cm³/mol. The minimum Gasteiger partial charge on any atom is -0.383 e. The summed E-state index contributed by atoms with van der Waals surface area (Å²) in [5, 5.41) is 2.65. The summed E-state index contributed by atoms with van der Waals surface area (Å²) in [4.78, 5) is 16.4. The number of ether oxygens (including phenoxy) is 1. The molecule has 1 N–H and O–H groups in total. The molecule has 2 rings (SSSR count). The standard InChI is InChI=1S/C14H25F2N3O2/c1-3-11-9-19(5-4-18(11)6-7-21-2)13(20)12-8-14(15,16)10-17-12/h11-12,17H,3-10H2,1-2H3. The van der Waals surface area contributed by atoms with Crippen LogP contribution >= 0.6 is 0 Å². The van der Waals surface area contributed by atoms with Gasteiger partial charge in [-0.05, 0) is 6.42 Å². The smallest absolute Gasteiger partial charge is 0.262 e. The highest BCUT2D eigenvalue weighted by Crippen LogP contribution is 2.26. The van der Waals surface area contributed by atoms with Crippen LogP contribution in [0.15, 0.2) is 0 Å². The fourth-order valence-electron chi connectivity index (χ4n) is 3.09. The van der Waals surface area contributed by atoms with E-state index in [1.54, 1.807) is 12.0 Å². The van der Waals surface area contributed by atoms with Crippen LogP contribution in [0.2, 0.25) is 0 Å². The number of hydrogen-bond acceptors (Lipinski definition) is 4. The van der Waals surface area contributed by atoms with Crippen LogP contribution in [0.1, 0.15) is 19.8 Å². The normalized spacial score (nSPS) is 29.8. The number of nitrogens with one attached hydrogen (secondary N) is 1. The van der Waals surface area contributed by atoms with Crippen molar-refractivity contribution < 1.29 is 18.3 Å². The molecule has 0 aromatic rings. The number of alkyl halides is 2. The number of amides is 1. The first-order valence-corrected chi connectivity index (χ1v) is 7.60. The van der Waals surface area contributed by atoms with E-state index in [0.29, 0.717) is 19.7 Å². The molecule has 2 atom stereocenters. The minimum absolute atomic E-state index is 0.183. The lowest BCUT2D eigenvalue weighted by Crippen LogP contribution is -2.57. The van der Waals surface area contributed by atoms with Crippen molar-refractivity contribution in [3.8, 4) is 0 Å². The highest BCUT2D eigenvalue weighted by molar-refractivity contribution is 5.82. The largest absolute Gasteiger partial charge is 0.383 e. The fourth-order valence-corrected chi connectivity index (χ4v) is 3.09. The minimum atomic E-state index is -2.76. The molecule has 5 nitrogen and oxygen atoms in total. The lowest BCUT2D eigenvalue weighted by molar-refractivity contribution is -0.137. The SMILES string of the molecule is CCC1CN(C(=O)C2CC(F)(F)CN2)CCN1CCOC. The van der Waals surface area contributed by atoms with Crippen LogP contribution in [0.3, 0.4) is 0 Å². The quantitative estimate of drug-likeness (QED) is 0.806. The van der Waals surface area contributed by atoms with E-state index >= 15 is 0 Å². The molecule has 0 bridgehead atoms. The van der Waals surface area contributed by atoms with Gasteiger partial charge in [-0.15, -0.1) is 0 Å². The molecule has 2 aliphatic heterocycles. The average molecular weight is 305 g/mol. The molecular formula is C14H25F2N3O2. The second-order valence-corrected chi connectivity index (χ2v) is 5.87. The Morgan fingerprint density at radius 1 is 1.43 bits per heavy atom. The summed E-state index contributed by atoms with van der Waals surface area (Å²) in [6.45, 7) is 5.19. The van der Waals surface area contributed by atoms with E-state index in [1.165, 1.54) is 0 Å². The van der Waals surface area contributed by atoms with Gasteiger partial charge in [-0.2, -0.15) is 0 Å². The maximum absolute atomic E-state index is 13.2. The van der Waals surface area contributed by atoms with Crippen molar-refractivity contribution in [3.05, 3.63) is 0 Å². The van der Waals surface area contributed by atoms with Crippen LogP contribution in [0.5, 0.6) is 0 Å². The maximum atomic E-state index is 13.2. The van der Waals surface area contributed by atoms with Crippen molar-refractivity contribution in [2.45, 2.75) is 37.8 Å².